The zero-order chi connectivity index (χ0) is 43.5. The molecule has 3 aliphatic rings. The Balaban J connectivity index is 0.934. The first kappa shape index (κ1) is 46.6. The van der Waals surface area contributed by atoms with E-state index in [2.05, 4.69) is 5.32 Å². The van der Waals surface area contributed by atoms with E-state index in [0.29, 0.717) is 63.0 Å². The molecule has 0 aromatic heterocycles. The lowest BCUT2D eigenvalue weighted by atomic mass is 9.81. The average Bonchev–Trinajstić information content (AvgIpc) is 3.89. The minimum atomic E-state index is -0.788. The first-order valence-corrected chi connectivity index (χ1v) is 22.4. The standard InChI is InChI=1S/C46H62N2O11S/c1-45(2,20-22-47-42(54)33-15-17-35(50)36(51)28-33)58-25-21-46(3,4)59-39(53)19-26-60-37(30-11-7-5-8-12-30)29-34(49)16-18-38(52)57-24-10-6-9-23-48-43(55)40-31-13-14-32(27-31)41(40)44(48)56/h5,7-8,11-12,15,17,28,31-32,37,40-41,50-51H,6,9-10,13-14,16,18-27,29H2,1-4H3,(H,47,54)/t31-,32+,37?,40+,41-. The highest BCUT2D eigenvalue weighted by Crippen LogP contribution is 2.56. The molecule has 2 bridgehead atoms. The van der Waals surface area contributed by atoms with E-state index in [9.17, 15) is 39.0 Å². The maximum absolute atomic E-state index is 13.0. The van der Waals surface area contributed by atoms with E-state index in [-0.39, 0.29) is 95.9 Å². The highest BCUT2D eigenvalue weighted by atomic mass is 32.2. The third-order valence-corrected chi connectivity index (χ3v) is 13.2. The monoisotopic (exact) mass is 850 g/mol. The molecular weight excluding hydrogens is 789 g/mol. The maximum atomic E-state index is 13.0. The number of phenolic OH excluding ortho intramolecular Hbond substituents is 2. The summed E-state index contributed by atoms with van der Waals surface area (Å²) in [5.41, 5.74) is -0.180. The molecule has 3 fully saturated rings. The number of carbonyl (C=O) groups excluding carboxylic acids is 6. The summed E-state index contributed by atoms with van der Waals surface area (Å²) in [5, 5.41) is 21.7. The number of ether oxygens (including phenoxy) is 3. The normalized spacial score (nSPS) is 20.2. The van der Waals surface area contributed by atoms with Gasteiger partial charge in [0, 0.05) is 48.9 Å². The van der Waals surface area contributed by atoms with Crippen LogP contribution < -0.4 is 5.32 Å². The molecule has 60 heavy (non-hydrogen) atoms. The number of rotatable bonds is 25. The Bertz CT molecular complexity index is 1810. The fourth-order valence-corrected chi connectivity index (χ4v) is 9.79. The van der Waals surface area contributed by atoms with Crippen LogP contribution in [-0.4, -0.2) is 93.8 Å². The van der Waals surface area contributed by atoms with Crippen molar-refractivity contribution in [1.29, 1.82) is 0 Å². The van der Waals surface area contributed by atoms with Gasteiger partial charge < -0.3 is 29.7 Å². The number of likely N-dealkylation sites (tertiary alicyclic amines) is 1. The zero-order valence-corrected chi connectivity index (χ0v) is 36.3. The smallest absolute Gasteiger partial charge is 0.307 e. The van der Waals surface area contributed by atoms with Crippen LogP contribution >= 0.6 is 11.8 Å². The van der Waals surface area contributed by atoms with Crippen LogP contribution in [0.4, 0.5) is 0 Å². The van der Waals surface area contributed by atoms with Gasteiger partial charge in [-0.1, -0.05) is 30.3 Å². The van der Waals surface area contributed by atoms with Crippen molar-refractivity contribution in [3.63, 3.8) is 0 Å². The van der Waals surface area contributed by atoms with Crippen LogP contribution in [0.3, 0.4) is 0 Å². The van der Waals surface area contributed by atoms with Gasteiger partial charge in [-0.3, -0.25) is 33.7 Å². The van der Waals surface area contributed by atoms with Crippen molar-refractivity contribution in [2.75, 3.05) is 32.1 Å². The van der Waals surface area contributed by atoms with Gasteiger partial charge in [0.15, 0.2) is 11.5 Å². The summed E-state index contributed by atoms with van der Waals surface area (Å²) in [6, 6.07) is 13.5. The molecule has 3 amide bonds. The van der Waals surface area contributed by atoms with E-state index in [1.54, 1.807) is 0 Å². The number of phenols is 2. The Morgan fingerprint density at radius 1 is 0.817 bits per heavy atom. The number of amides is 3. The molecule has 13 nitrogen and oxygen atoms in total. The number of carbonyl (C=O) groups is 6. The number of hydrogen-bond donors (Lipinski definition) is 3. The predicted molar refractivity (Wildman–Crippen MR) is 226 cm³/mol. The second-order valence-corrected chi connectivity index (χ2v) is 18.9. The molecule has 1 aliphatic heterocycles. The van der Waals surface area contributed by atoms with E-state index in [0.717, 1.165) is 31.2 Å². The molecule has 5 atom stereocenters. The van der Waals surface area contributed by atoms with Gasteiger partial charge in [0.2, 0.25) is 11.8 Å². The van der Waals surface area contributed by atoms with Gasteiger partial charge in [0.25, 0.3) is 5.91 Å². The molecular formula is C46H62N2O11S. The van der Waals surface area contributed by atoms with Gasteiger partial charge in [-0.05, 0) is 108 Å². The SMILES string of the molecule is CC(C)(CCNC(=O)c1ccc(O)c(O)c1)OCCC(C)(C)OC(=O)CCSC(CC(=O)CCC(=O)OCCCCCN1C(=O)[C@@H]2[C@H]3CC[C@H](C3)[C@@H]2C1=O)c1ccccc1. The molecule has 0 spiro atoms. The Morgan fingerprint density at radius 3 is 2.20 bits per heavy atom. The maximum Gasteiger partial charge on any atom is 0.307 e. The number of benzene rings is 2. The quantitative estimate of drug-likeness (QED) is 0.0400. The van der Waals surface area contributed by atoms with Gasteiger partial charge in [0.1, 0.15) is 11.4 Å². The number of aromatic hydroxyl groups is 2. The third-order valence-electron chi connectivity index (χ3n) is 12.0. The number of imide groups is 1. The lowest BCUT2D eigenvalue weighted by Gasteiger charge is -2.29. The van der Waals surface area contributed by atoms with E-state index in [1.165, 1.54) is 34.9 Å². The van der Waals surface area contributed by atoms with E-state index in [1.807, 2.05) is 58.0 Å². The number of esters is 2. The van der Waals surface area contributed by atoms with Crippen LogP contribution in [0.15, 0.2) is 48.5 Å². The number of thioether (sulfide) groups is 1. The van der Waals surface area contributed by atoms with Crippen molar-refractivity contribution in [3.05, 3.63) is 59.7 Å². The molecule has 1 heterocycles. The summed E-state index contributed by atoms with van der Waals surface area (Å²) >= 11 is 1.50. The van der Waals surface area contributed by atoms with Crippen LogP contribution in [0, 0.1) is 23.7 Å². The summed E-state index contributed by atoms with van der Waals surface area (Å²) in [5.74, 6) is -0.883. The summed E-state index contributed by atoms with van der Waals surface area (Å²) in [6.45, 7) is 8.75. The van der Waals surface area contributed by atoms with Crippen LogP contribution in [0.1, 0.15) is 126 Å². The Kier molecular flexibility index (Phi) is 16.6. The number of unbranched alkanes of at least 4 members (excludes halogenated alkanes) is 2. The van der Waals surface area contributed by atoms with Crippen LogP contribution in [0.25, 0.3) is 0 Å². The molecule has 2 aromatic carbocycles. The summed E-state index contributed by atoms with van der Waals surface area (Å²) in [4.78, 5) is 78.0. The van der Waals surface area contributed by atoms with Gasteiger partial charge >= 0.3 is 11.9 Å². The average molecular weight is 851 g/mol. The number of ketones is 1. The van der Waals surface area contributed by atoms with Crippen LogP contribution in [0.5, 0.6) is 11.5 Å². The predicted octanol–water partition coefficient (Wildman–Crippen LogP) is 7.07. The first-order valence-electron chi connectivity index (χ1n) is 21.4. The topological polar surface area (TPSA) is 186 Å². The molecule has 2 saturated carbocycles. The van der Waals surface area contributed by atoms with Gasteiger partial charge in [-0.25, -0.2) is 0 Å². The number of nitrogens with one attached hydrogen (secondary N) is 1. The number of nitrogens with zero attached hydrogens (tertiary/aromatic N) is 1. The Labute approximate surface area is 357 Å². The molecule has 1 unspecified atom stereocenters. The van der Waals surface area contributed by atoms with Crippen LogP contribution in [0.2, 0.25) is 0 Å². The summed E-state index contributed by atoms with van der Waals surface area (Å²) in [7, 11) is 0. The Morgan fingerprint density at radius 2 is 1.52 bits per heavy atom. The first-order chi connectivity index (χ1) is 28.5. The van der Waals surface area contributed by atoms with E-state index >= 15 is 0 Å². The largest absolute Gasteiger partial charge is 0.504 e. The second-order valence-electron chi connectivity index (χ2n) is 17.6. The highest BCUT2D eigenvalue weighted by Gasteiger charge is 2.60. The van der Waals surface area contributed by atoms with Gasteiger partial charge in [-0.2, -0.15) is 11.8 Å². The van der Waals surface area contributed by atoms with Crippen molar-refractivity contribution < 1.29 is 53.2 Å². The molecule has 2 aliphatic carbocycles. The number of fused-ring (bicyclic) bond motifs is 5. The molecule has 1 saturated heterocycles. The molecule has 2 aromatic rings. The fraction of sp³-hybridized carbons (Fsp3) is 0.609. The molecule has 328 valence electrons. The van der Waals surface area contributed by atoms with Crippen molar-refractivity contribution in [2.45, 2.75) is 121 Å². The van der Waals surface area contributed by atoms with Crippen molar-refractivity contribution in [1.82, 2.24) is 10.2 Å². The van der Waals surface area contributed by atoms with Gasteiger partial charge in [-0.15, -0.1) is 0 Å². The van der Waals surface area contributed by atoms with Crippen molar-refractivity contribution in [2.24, 2.45) is 23.7 Å². The summed E-state index contributed by atoms with van der Waals surface area (Å²) in [6.07, 6.45) is 6.51. The fourth-order valence-electron chi connectivity index (χ4n) is 8.57. The molecule has 14 heteroatoms. The number of hydrogen-bond acceptors (Lipinski definition) is 12. The lowest BCUT2D eigenvalue weighted by molar-refractivity contribution is -0.158. The van der Waals surface area contributed by atoms with E-state index in [4.69, 9.17) is 14.2 Å². The summed E-state index contributed by atoms with van der Waals surface area (Å²) < 4.78 is 17.3. The second kappa shape index (κ2) is 21.4. The van der Waals surface area contributed by atoms with E-state index < -0.39 is 17.2 Å². The number of Topliss-reactive ketones (excluding diaryl/α,β-unsaturated/α-hetero) is 1. The molecule has 0 radical (unpaired) electrons. The molecule has 5 rings (SSSR count). The molecule has 3 N–H and O–H groups in total. The minimum Gasteiger partial charge on any atom is -0.504 e. The third kappa shape index (κ3) is 13.3. The van der Waals surface area contributed by atoms with Crippen LogP contribution in [-0.2, 0) is 38.2 Å². The van der Waals surface area contributed by atoms with Crippen molar-refractivity contribution >= 4 is 47.2 Å². The van der Waals surface area contributed by atoms with Crippen molar-refractivity contribution in [3.8, 4) is 11.5 Å². The lowest BCUT2D eigenvalue weighted by Crippen LogP contribution is -2.35. The van der Waals surface area contributed by atoms with Gasteiger partial charge in [0.05, 0.1) is 43.5 Å². The minimum absolute atomic E-state index is 0.0131. The highest BCUT2D eigenvalue weighted by molar-refractivity contribution is 7.99. The Hall–Kier alpha value is -4.43. The zero-order valence-electron chi connectivity index (χ0n) is 35.5.